The monoisotopic (exact) mass is 240 g/mol. The second-order valence-corrected chi connectivity index (χ2v) is 3.57. The van der Waals surface area contributed by atoms with Crippen molar-refractivity contribution < 1.29 is 19.1 Å². The van der Waals surface area contributed by atoms with Gasteiger partial charge in [0.15, 0.2) is 5.76 Å². The lowest BCUT2D eigenvalue weighted by Gasteiger charge is -2.15. The zero-order valence-electron chi connectivity index (χ0n) is 9.68. The maximum Gasteiger partial charge on any atom is 0.289 e. The van der Waals surface area contributed by atoms with Gasteiger partial charge >= 0.3 is 0 Å². The van der Waals surface area contributed by atoms with Gasteiger partial charge in [0.05, 0.1) is 12.8 Å². The molecule has 2 N–H and O–H groups in total. The van der Waals surface area contributed by atoms with Crippen LogP contribution >= 0.6 is 0 Å². The van der Waals surface area contributed by atoms with Crippen LogP contribution in [0.1, 0.15) is 17.0 Å². The van der Waals surface area contributed by atoms with Gasteiger partial charge in [0.2, 0.25) is 5.91 Å². The molecule has 2 amide bonds. The molecule has 1 aromatic rings. The zero-order valence-corrected chi connectivity index (χ0v) is 9.68. The molecule has 1 heterocycles. The molecule has 0 bridgehead atoms. The van der Waals surface area contributed by atoms with E-state index in [0.717, 1.165) is 0 Å². The number of carbonyl (C=O) groups is 2. The van der Waals surface area contributed by atoms with E-state index in [0.29, 0.717) is 13.0 Å². The average Bonchev–Trinajstić information content (AvgIpc) is 2.81. The highest BCUT2D eigenvalue weighted by molar-refractivity contribution is 5.94. The summed E-state index contributed by atoms with van der Waals surface area (Å²) in [7, 11) is 1.52. The van der Waals surface area contributed by atoms with E-state index in [-0.39, 0.29) is 30.7 Å². The Morgan fingerprint density at radius 3 is 2.88 bits per heavy atom. The molecular weight excluding hydrogens is 224 g/mol. The first-order valence-electron chi connectivity index (χ1n) is 5.31. The molecule has 0 atom stereocenters. The van der Waals surface area contributed by atoms with Crippen molar-refractivity contribution in [2.75, 3.05) is 26.7 Å². The number of nitrogens with zero attached hydrogens (tertiary/aromatic N) is 1. The third-order valence-electron chi connectivity index (χ3n) is 2.12. The van der Waals surface area contributed by atoms with Crippen molar-refractivity contribution in [2.24, 2.45) is 0 Å². The molecule has 0 aliphatic carbocycles. The predicted molar refractivity (Wildman–Crippen MR) is 60.4 cm³/mol. The number of nitrogens with one attached hydrogen (secondary N) is 1. The summed E-state index contributed by atoms with van der Waals surface area (Å²) in [5.74, 6) is -0.399. The van der Waals surface area contributed by atoms with Gasteiger partial charge in [-0.15, -0.1) is 0 Å². The van der Waals surface area contributed by atoms with E-state index in [9.17, 15) is 9.59 Å². The van der Waals surface area contributed by atoms with Crippen LogP contribution in [0.5, 0.6) is 0 Å². The van der Waals surface area contributed by atoms with Crippen LogP contribution in [0.25, 0.3) is 0 Å². The van der Waals surface area contributed by atoms with E-state index in [2.05, 4.69) is 5.32 Å². The number of rotatable bonds is 6. The van der Waals surface area contributed by atoms with E-state index in [1.54, 1.807) is 12.1 Å². The van der Waals surface area contributed by atoms with Gasteiger partial charge in [-0.3, -0.25) is 9.59 Å². The summed E-state index contributed by atoms with van der Waals surface area (Å²) in [6, 6.07) is 3.16. The molecule has 6 nitrogen and oxygen atoms in total. The van der Waals surface area contributed by atoms with Gasteiger partial charge < -0.3 is 19.7 Å². The van der Waals surface area contributed by atoms with Crippen LogP contribution in [0.2, 0.25) is 0 Å². The molecule has 0 aromatic carbocycles. The minimum Gasteiger partial charge on any atom is -0.459 e. The van der Waals surface area contributed by atoms with Crippen LogP contribution in [0, 0.1) is 0 Å². The summed E-state index contributed by atoms with van der Waals surface area (Å²) in [4.78, 5) is 24.3. The van der Waals surface area contributed by atoms with Crippen molar-refractivity contribution in [1.82, 2.24) is 10.2 Å². The number of likely N-dealkylation sites (N-methyl/N-ethyl adjacent to an activating group) is 1. The highest BCUT2D eigenvalue weighted by Gasteiger charge is 2.16. The number of aliphatic hydroxyl groups excluding tert-OH is 1. The number of amides is 2. The predicted octanol–water partition coefficient (Wildman–Crippen LogP) is -0.150. The Balaban J connectivity index is 2.36. The largest absolute Gasteiger partial charge is 0.459 e. The lowest BCUT2D eigenvalue weighted by atomic mass is 10.3. The van der Waals surface area contributed by atoms with Gasteiger partial charge in [0.1, 0.15) is 0 Å². The first kappa shape index (κ1) is 13.2. The zero-order chi connectivity index (χ0) is 12.7. The summed E-state index contributed by atoms with van der Waals surface area (Å²) < 4.78 is 4.94. The molecule has 0 fully saturated rings. The van der Waals surface area contributed by atoms with E-state index in [1.807, 2.05) is 0 Å². The molecular formula is C11H16N2O4. The van der Waals surface area contributed by atoms with Crippen LogP contribution in [0.15, 0.2) is 22.8 Å². The normalized spacial score (nSPS) is 10.0. The molecule has 0 aliphatic heterocycles. The van der Waals surface area contributed by atoms with Gasteiger partial charge in [-0.05, 0) is 18.6 Å². The molecule has 0 saturated heterocycles. The molecule has 0 unspecified atom stereocenters. The summed E-state index contributed by atoms with van der Waals surface area (Å²) in [6.45, 7) is 0.393. The van der Waals surface area contributed by atoms with Gasteiger partial charge in [-0.2, -0.15) is 0 Å². The minimum atomic E-state index is -0.340. The second-order valence-electron chi connectivity index (χ2n) is 3.57. The molecule has 1 aromatic heterocycles. The Bertz CT molecular complexity index is 362. The molecule has 6 heteroatoms. The average molecular weight is 240 g/mol. The summed E-state index contributed by atoms with van der Waals surface area (Å²) in [6.07, 6.45) is 1.91. The van der Waals surface area contributed by atoms with Gasteiger partial charge in [0.25, 0.3) is 5.91 Å². The van der Waals surface area contributed by atoms with E-state index >= 15 is 0 Å². The quantitative estimate of drug-likeness (QED) is 0.677. The highest BCUT2D eigenvalue weighted by atomic mass is 16.3. The summed E-state index contributed by atoms with van der Waals surface area (Å²) >= 11 is 0. The Labute approximate surface area is 99.2 Å². The summed E-state index contributed by atoms with van der Waals surface area (Å²) in [5, 5.41) is 11.1. The molecule has 94 valence electrons. The topological polar surface area (TPSA) is 82.8 Å². The smallest absolute Gasteiger partial charge is 0.289 e. The first-order chi connectivity index (χ1) is 8.15. The third-order valence-corrected chi connectivity index (χ3v) is 2.12. The fraction of sp³-hybridized carbons (Fsp3) is 0.455. The van der Waals surface area contributed by atoms with Gasteiger partial charge in [0, 0.05) is 20.2 Å². The molecule has 0 radical (unpaired) electrons. The van der Waals surface area contributed by atoms with Crippen molar-refractivity contribution >= 4 is 11.8 Å². The molecule has 1 rings (SSSR count). The van der Waals surface area contributed by atoms with Crippen molar-refractivity contribution in [3.63, 3.8) is 0 Å². The van der Waals surface area contributed by atoms with E-state index in [1.165, 1.54) is 18.2 Å². The maximum absolute atomic E-state index is 11.7. The van der Waals surface area contributed by atoms with Crippen molar-refractivity contribution in [3.05, 3.63) is 24.2 Å². The number of hydrogen-bond acceptors (Lipinski definition) is 4. The molecule has 0 saturated carbocycles. The van der Waals surface area contributed by atoms with Crippen molar-refractivity contribution in [3.8, 4) is 0 Å². The van der Waals surface area contributed by atoms with Crippen LogP contribution in [0.4, 0.5) is 0 Å². The summed E-state index contributed by atoms with van der Waals surface area (Å²) in [5.41, 5.74) is 0. The van der Waals surface area contributed by atoms with Gasteiger partial charge in [-0.1, -0.05) is 0 Å². The Morgan fingerprint density at radius 1 is 1.53 bits per heavy atom. The van der Waals surface area contributed by atoms with Gasteiger partial charge in [-0.25, -0.2) is 0 Å². The fourth-order valence-corrected chi connectivity index (χ4v) is 1.24. The number of aliphatic hydroxyl groups is 1. The minimum absolute atomic E-state index is 0.0292. The lowest BCUT2D eigenvalue weighted by molar-refractivity contribution is -0.121. The first-order valence-corrected chi connectivity index (χ1v) is 5.31. The van der Waals surface area contributed by atoms with Crippen molar-refractivity contribution in [1.29, 1.82) is 0 Å². The number of hydrogen-bond donors (Lipinski definition) is 2. The highest BCUT2D eigenvalue weighted by Crippen LogP contribution is 2.03. The maximum atomic E-state index is 11.7. The number of carbonyl (C=O) groups excluding carboxylic acids is 2. The Kier molecular flexibility index (Phi) is 5.22. The van der Waals surface area contributed by atoms with Crippen molar-refractivity contribution in [2.45, 2.75) is 6.42 Å². The van der Waals surface area contributed by atoms with Crippen LogP contribution in [0.3, 0.4) is 0 Å². The van der Waals surface area contributed by atoms with Crippen LogP contribution < -0.4 is 5.32 Å². The van der Waals surface area contributed by atoms with E-state index in [4.69, 9.17) is 9.52 Å². The van der Waals surface area contributed by atoms with Crippen LogP contribution in [-0.2, 0) is 4.79 Å². The molecule has 17 heavy (non-hydrogen) atoms. The van der Waals surface area contributed by atoms with E-state index < -0.39 is 0 Å². The fourth-order valence-electron chi connectivity index (χ4n) is 1.24. The molecule has 0 spiro atoms. The third kappa shape index (κ3) is 4.28. The second kappa shape index (κ2) is 6.70. The number of furan rings is 1. The SMILES string of the molecule is CN(CC(=O)NCCCO)C(=O)c1ccco1. The van der Waals surface area contributed by atoms with Crippen LogP contribution in [-0.4, -0.2) is 48.6 Å². The Morgan fingerprint density at radius 2 is 2.29 bits per heavy atom. The lowest BCUT2D eigenvalue weighted by Crippen LogP contribution is -2.38. The Hall–Kier alpha value is -1.82. The standard InChI is InChI=1S/C11H16N2O4/c1-13(8-10(15)12-5-3-6-14)11(16)9-4-2-7-17-9/h2,4,7,14H,3,5-6,8H2,1H3,(H,12,15). The molecule has 0 aliphatic rings.